The van der Waals surface area contributed by atoms with Crippen molar-refractivity contribution in [3.05, 3.63) is 17.9 Å². The summed E-state index contributed by atoms with van der Waals surface area (Å²) in [6.45, 7) is 2.15. The highest BCUT2D eigenvalue weighted by molar-refractivity contribution is 7.89. The van der Waals surface area contributed by atoms with E-state index in [1.165, 1.54) is 25.6 Å². The number of amides is 1. The molecule has 0 aliphatic heterocycles. The number of nitrogens with zero attached hydrogens (tertiary/aromatic N) is 1. The minimum absolute atomic E-state index is 0.0594. The number of hydrogen-bond acceptors (Lipinski definition) is 4. The zero-order chi connectivity index (χ0) is 15.6. The van der Waals surface area contributed by atoms with Crippen LogP contribution in [0.1, 0.15) is 43.2 Å². The van der Waals surface area contributed by atoms with Gasteiger partial charge in [0.2, 0.25) is 5.09 Å². The summed E-state index contributed by atoms with van der Waals surface area (Å²) < 4.78 is 30.6. The molecule has 6 nitrogen and oxygen atoms in total. The Bertz CT molecular complexity index is 608. The molecule has 118 valence electrons. The van der Waals surface area contributed by atoms with Crippen LogP contribution in [0.25, 0.3) is 0 Å². The van der Waals surface area contributed by atoms with Crippen LogP contribution in [0, 0.1) is 5.92 Å². The topological polar surface area (TPSA) is 79.6 Å². The lowest BCUT2D eigenvalue weighted by Gasteiger charge is -2.35. The van der Waals surface area contributed by atoms with Gasteiger partial charge in [-0.1, -0.05) is 19.8 Å². The van der Waals surface area contributed by atoms with Crippen LogP contribution < -0.4 is 4.72 Å². The first-order valence-corrected chi connectivity index (χ1v) is 8.65. The molecule has 0 unspecified atom stereocenters. The Morgan fingerprint density at radius 3 is 2.62 bits per heavy atom. The largest absolute Gasteiger partial charge is 0.438 e. The monoisotopic (exact) mass is 314 g/mol. The molecule has 0 spiro atoms. The molecule has 0 saturated heterocycles. The molecule has 21 heavy (non-hydrogen) atoms. The molecule has 1 saturated carbocycles. The van der Waals surface area contributed by atoms with Gasteiger partial charge in [0.25, 0.3) is 15.9 Å². The van der Waals surface area contributed by atoms with Gasteiger partial charge in [-0.3, -0.25) is 4.79 Å². The SMILES string of the molecule is CNS(=O)(=O)c1ccc(C(=O)N(C)[C@@H]2CCCC[C@H]2C)o1. The van der Waals surface area contributed by atoms with Gasteiger partial charge in [-0.25, -0.2) is 13.1 Å². The second-order valence-electron chi connectivity index (χ2n) is 5.57. The van der Waals surface area contributed by atoms with Crippen LogP contribution in [0.15, 0.2) is 21.6 Å². The van der Waals surface area contributed by atoms with E-state index in [1.54, 1.807) is 11.9 Å². The maximum Gasteiger partial charge on any atom is 0.289 e. The fraction of sp³-hybridized carbons (Fsp3) is 0.643. The quantitative estimate of drug-likeness (QED) is 0.919. The predicted molar refractivity (Wildman–Crippen MR) is 78.5 cm³/mol. The Hall–Kier alpha value is -1.34. The van der Waals surface area contributed by atoms with Crippen molar-refractivity contribution in [3.63, 3.8) is 0 Å². The average Bonchev–Trinajstić information content (AvgIpc) is 2.97. The first kappa shape index (κ1) is 16.0. The van der Waals surface area contributed by atoms with E-state index in [4.69, 9.17) is 4.42 Å². The Kier molecular flexibility index (Phi) is 4.73. The summed E-state index contributed by atoms with van der Waals surface area (Å²) in [7, 11) is -0.605. The normalized spacial score (nSPS) is 23.0. The third-order valence-electron chi connectivity index (χ3n) is 4.21. The van der Waals surface area contributed by atoms with Crippen molar-refractivity contribution in [1.82, 2.24) is 9.62 Å². The van der Waals surface area contributed by atoms with Gasteiger partial charge in [0.05, 0.1) is 0 Å². The van der Waals surface area contributed by atoms with Crippen molar-refractivity contribution >= 4 is 15.9 Å². The number of carbonyl (C=O) groups excluding carboxylic acids is 1. The zero-order valence-corrected chi connectivity index (χ0v) is 13.4. The molecule has 2 rings (SSSR count). The van der Waals surface area contributed by atoms with Gasteiger partial charge in [-0.15, -0.1) is 0 Å². The summed E-state index contributed by atoms with van der Waals surface area (Å²) in [4.78, 5) is 14.1. The van der Waals surface area contributed by atoms with Crippen LogP contribution in [0.2, 0.25) is 0 Å². The van der Waals surface area contributed by atoms with Crippen LogP contribution in [-0.4, -0.2) is 39.4 Å². The number of furan rings is 1. The van der Waals surface area contributed by atoms with Crippen LogP contribution >= 0.6 is 0 Å². The molecule has 1 aromatic rings. The predicted octanol–water partition coefficient (Wildman–Crippen LogP) is 1.84. The first-order valence-electron chi connectivity index (χ1n) is 7.17. The van der Waals surface area contributed by atoms with E-state index in [0.29, 0.717) is 5.92 Å². The van der Waals surface area contributed by atoms with Gasteiger partial charge in [0.15, 0.2) is 5.76 Å². The number of nitrogens with one attached hydrogen (secondary N) is 1. The molecule has 1 heterocycles. The molecule has 7 heteroatoms. The van der Waals surface area contributed by atoms with Crippen molar-refractivity contribution in [1.29, 1.82) is 0 Å². The molecule has 2 atom stereocenters. The molecule has 0 aromatic carbocycles. The molecular weight excluding hydrogens is 292 g/mol. The number of carbonyl (C=O) groups is 1. The fourth-order valence-electron chi connectivity index (χ4n) is 2.88. The maximum atomic E-state index is 12.4. The molecule has 0 bridgehead atoms. The lowest BCUT2D eigenvalue weighted by molar-refractivity contribution is 0.0592. The van der Waals surface area contributed by atoms with E-state index in [0.717, 1.165) is 19.3 Å². The van der Waals surface area contributed by atoms with E-state index in [2.05, 4.69) is 11.6 Å². The highest BCUT2D eigenvalue weighted by Crippen LogP contribution is 2.28. The van der Waals surface area contributed by atoms with Gasteiger partial charge in [-0.2, -0.15) is 0 Å². The Morgan fingerprint density at radius 2 is 2.00 bits per heavy atom. The van der Waals surface area contributed by atoms with Crippen molar-refractivity contribution in [2.75, 3.05) is 14.1 Å². The molecule has 1 aliphatic rings. The number of hydrogen-bond donors (Lipinski definition) is 1. The van der Waals surface area contributed by atoms with Crippen molar-refractivity contribution in [2.45, 2.75) is 43.7 Å². The van der Waals surface area contributed by atoms with Crippen molar-refractivity contribution in [3.8, 4) is 0 Å². The van der Waals surface area contributed by atoms with E-state index < -0.39 is 10.0 Å². The van der Waals surface area contributed by atoms with Gasteiger partial charge in [0.1, 0.15) is 0 Å². The minimum Gasteiger partial charge on any atom is -0.438 e. The van der Waals surface area contributed by atoms with Gasteiger partial charge < -0.3 is 9.32 Å². The van der Waals surface area contributed by atoms with Crippen molar-refractivity contribution < 1.29 is 17.6 Å². The van der Waals surface area contributed by atoms with Gasteiger partial charge >= 0.3 is 0 Å². The molecular formula is C14H22N2O4S. The highest BCUT2D eigenvalue weighted by atomic mass is 32.2. The third-order valence-corrected chi connectivity index (χ3v) is 5.50. The summed E-state index contributed by atoms with van der Waals surface area (Å²) in [6, 6.07) is 2.90. The van der Waals surface area contributed by atoms with Gasteiger partial charge in [0, 0.05) is 13.1 Å². The second kappa shape index (κ2) is 6.19. The summed E-state index contributed by atoms with van der Waals surface area (Å²) in [6.07, 6.45) is 4.40. The minimum atomic E-state index is -3.66. The molecule has 1 fully saturated rings. The molecule has 0 radical (unpaired) electrons. The van der Waals surface area contributed by atoms with E-state index in [-0.39, 0.29) is 22.8 Å². The smallest absolute Gasteiger partial charge is 0.289 e. The standard InChI is InChI=1S/C14H22N2O4S/c1-10-6-4-5-7-11(10)16(3)14(17)12-8-9-13(20-12)21(18,19)15-2/h8-11,15H,4-7H2,1-3H3/t10-,11-/m1/s1. The lowest BCUT2D eigenvalue weighted by atomic mass is 9.85. The van der Waals surface area contributed by atoms with E-state index in [9.17, 15) is 13.2 Å². The number of rotatable bonds is 4. The van der Waals surface area contributed by atoms with Crippen LogP contribution in [0.3, 0.4) is 0 Å². The number of sulfonamides is 1. The lowest BCUT2D eigenvalue weighted by Crippen LogP contribution is -2.42. The van der Waals surface area contributed by atoms with Crippen LogP contribution in [-0.2, 0) is 10.0 Å². The third kappa shape index (κ3) is 3.29. The average molecular weight is 314 g/mol. The molecule has 1 amide bonds. The zero-order valence-electron chi connectivity index (χ0n) is 12.6. The molecule has 1 aliphatic carbocycles. The highest BCUT2D eigenvalue weighted by Gasteiger charge is 2.30. The van der Waals surface area contributed by atoms with E-state index in [1.807, 2.05) is 0 Å². The van der Waals surface area contributed by atoms with Crippen LogP contribution in [0.5, 0.6) is 0 Å². The molecule has 1 aromatic heterocycles. The van der Waals surface area contributed by atoms with Crippen LogP contribution in [0.4, 0.5) is 0 Å². The van der Waals surface area contributed by atoms with Gasteiger partial charge in [-0.05, 0) is 37.9 Å². The second-order valence-corrected chi connectivity index (χ2v) is 7.39. The summed E-state index contributed by atoms with van der Waals surface area (Å²) in [5, 5.41) is -0.238. The van der Waals surface area contributed by atoms with E-state index >= 15 is 0 Å². The Labute approximate surface area is 125 Å². The Balaban J connectivity index is 2.16. The summed E-state index contributed by atoms with van der Waals surface area (Å²) in [5.74, 6) is 0.235. The first-order chi connectivity index (χ1) is 9.86. The van der Waals surface area contributed by atoms with Crippen molar-refractivity contribution in [2.24, 2.45) is 5.92 Å². The fourth-order valence-corrected chi connectivity index (χ4v) is 3.52. The summed E-state index contributed by atoms with van der Waals surface area (Å²) in [5.41, 5.74) is 0. The molecule has 1 N–H and O–H groups in total. The summed E-state index contributed by atoms with van der Waals surface area (Å²) >= 11 is 0. The maximum absolute atomic E-state index is 12.4. The Morgan fingerprint density at radius 1 is 1.33 bits per heavy atom.